The lowest BCUT2D eigenvalue weighted by atomic mass is 10.2. The molecule has 1 heterocycles. The molecule has 0 atom stereocenters. The Kier molecular flexibility index (Phi) is 5.31. The minimum absolute atomic E-state index is 0.0766. The number of hydrogen-bond donors (Lipinski definition) is 1. The van der Waals surface area contributed by atoms with Gasteiger partial charge in [0.05, 0.1) is 23.3 Å². The summed E-state index contributed by atoms with van der Waals surface area (Å²) in [7, 11) is 1.69. The maximum absolute atomic E-state index is 12.2. The predicted octanol–water partition coefficient (Wildman–Crippen LogP) is 3.34. The van der Waals surface area contributed by atoms with Crippen molar-refractivity contribution in [2.24, 2.45) is 0 Å². The van der Waals surface area contributed by atoms with Crippen LogP contribution in [0.15, 0.2) is 48.5 Å². The fourth-order valence-electron chi connectivity index (χ4n) is 2.30. The molecule has 0 bridgehead atoms. The van der Waals surface area contributed by atoms with Crippen molar-refractivity contribution in [3.8, 4) is 0 Å². The van der Waals surface area contributed by atoms with Crippen molar-refractivity contribution in [3.05, 3.63) is 64.1 Å². The zero-order chi connectivity index (χ0) is 17.8. The predicted molar refractivity (Wildman–Crippen MR) is 99.9 cm³/mol. The summed E-state index contributed by atoms with van der Waals surface area (Å²) in [5.74, 6) is -0.515. The topological polar surface area (TPSA) is 62.3 Å². The molecule has 2 amide bonds. The van der Waals surface area contributed by atoms with E-state index in [0.29, 0.717) is 17.1 Å². The third-order valence-corrected chi connectivity index (χ3v) is 4.88. The van der Waals surface area contributed by atoms with Gasteiger partial charge in [-0.1, -0.05) is 29.8 Å². The summed E-state index contributed by atoms with van der Waals surface area (Å²) >= 11 is 7.42. The highest BCUT2D eigenvalue weighted by Gasteiger charge is 2.14. The molecule has 1 N–H and O–H groups in total. The van der Waals surface area contributed by atoms with Gasteiger partial charge in [0.25, 0.3) is 5.91 Å². The zero-order valence-corrected chi connectivity index (χ0v) is 15.1. The monoisotopic (exact) mass is 373 g/mol. The Balaban J connectivity index is 1.56. The third-order valence-electron chi connectivity index (χ3n) is 3.62. The van der Waals surface area contributed by atoms with Crippen molar-refractivity contribution in [2.45, 2.75) is 6.54 Å². The number of para-hydroxylation sites is 1. The number of thiazole rings is 1. The lowest BCUT2D eigenvalue weighted by Gasteiger charge is -2.16. The average Bonchev–Trinajstić information content (AvgIpc) is 3.01. The van der Waals surface area contributed by atoms with Gasteiger partial charge in [-0.2, -0.15) is 0 Å². The third kappa shape index (κ3) is 4.35. The Morgan fingerprint density at radius 2 is 2.00 bits per heavy atom. The summed E-state index contributed by atoms with van der Waals surface area (Å²) in [6.45, 7) is 0.331. The molecule has 0 unspecified atom stereocenters. The first-order valence-corrected chi connectivity index (χ1v) is 8.84. The molecule has 0 aliphatic carbocycles. The minimum Gasteiger partial charge on any atom is -0.343 e. The van der Waals surface area contributed by atoms with E-state index in [1.165, 1.54) is 0 Å². The molecule has 25 heavy (non-hydrogen) atoms. The van der Waals surface area contributed by atoms with Gasteiger partial charge in [-0.3, -0.25) is 9.59 Å². The first kappa shape index (κ1) is 17.4. The number of nitrogens with zero attached hydrogens (tertiary/aromatic N) is 2. The average molecular weight is 374 g/mol. The molecular weight excluding hydrogens is 358 g/mol. The van der Waals surface area contributed by atoms with Crippen molar-refractivity contribution in [3.63, 3.8) is 0 Å². The Labute approximate surface area is 154 Å². The number of carbonyl (C=O) groups is 2. The van der Waals surface area contributed by atoms with Gasteiger partial charge in [0.15, 0.2) is 0 Å². The molecule has 0 fully saturated rings. The maximum Gasteiger partial charge on any atom is 0.251 e. The number of rotatable bonds is 5. The number of nitrogens with one attached hydrogen (secondary N) is 1. The summed E-state index contributed by atoms with van der Waals surface area (Å²) in [6.07, 6.45) is 0. The number of amides is 2. The molecule has 2 aromatic carbocycles. The molecule has 0 radical (unpaired) electrons. The lowest BCUT2D eigenvalue weighted by molar-refractivity contribution is -0.129. The molecule has 7 heteroatoms. The Morgan fingerprint density at radius 3 is 2.76 bits per heavy atom. The fourth-order valence-corrected chi connectivity index (χ4v) is 3.51. The highest BCUT2D eigenvalue weighted by molar-refractivity contribution is 7.18. The van der Waals surface area contributed by atoms with Crippen molar-refractivity contribution >= 4 is 45.0 Å². The highest BCUT2D eigenvalue weighted by atomic mass is 35.5. The molecule has 128 valence electrons. The molecule has 0 saturated heterocycles. The van der Waals surface area contributed by atoms with Crippen LogP contribution < -0.4 is 5.32 Å². The van der Waals surface area contributed by atoms with Crippen LogP contribution in [0.2, 0.25) is 5.02 Å². The van der Waals surface area contributed by atoms with Crippen molar-refractivity contribution in [2.75, 3.05) is 13.6 Å². The summed E-state index contributed by atoms with van der Waals surface area (Å²) in [6, 6.07) is 14.4. The van der Waals surface area contributed by atoms with Crippen LogP contribution in [0.4, 0.5) is 0 Å². The Bertz CT molecular complexity index is 892. The van der Waals surface area contributed by atoms with Crippen molar-refractivity contribution < 1.29 is 9.59 Å². The van der Waals surface area contributed by atoms with Crippen LogP contribution in [-0.2, 0) is 11.3 Å². The van der Waals surface area contributed by atoms with Crippen LogP contribution in [0.1, 0.15) is 15.4 Å². The molecule has 0 aliphatic heterocycles. The standard InChI is InChI=1S/C18H16ClN3O2S/c1-22(11-16-21-14-7-2-3-8-15(14)25-16)17(23)10-20-18(24)12-5-4-6-13(19)9-12/h2-9H,10-11H2,1H3,(H,20,24). The van der Waals surface area contributed by atoms with Gasteiger partial charge in [-0.25, -0.2) is 4.98 Å². The van der Waals surface area contributed by atoms with E-state index in [1.807, 2.05) is 24.3 Å². The number of hydrogen-bond acceptors (Lipinski definition) is 4. The Hall–Kier alpha value is -2.44. The molecular formula is C18H16ClN3O2S. The number of halogens is 1. The second-order valence-corrected chi connectivity index (χ2v) is 7.07. The largest absolute Gasteiger partial charge is 0.343 e. The van der Waals surface area contributed by atoms with Gasteiger partial charge in [-0.15, -0.1) is 11.3 Å². The summed E-state index contributed by atoms with van der Waals surface area (Å²) in [5, 5.41) is 3.95. The summed E-state index contributed by atoms with van der Waals surface area (Å²) in [4.78, 5) is 30.3. The van der Waals surface area contributed by atoms with Crippen LogP contribution >= 0.6 is 22.9 Å². The van der Waals surface area contributed by atoms with Crippen molar-refractivity contribution in [1.29, 1.82) is 0 Å². The van der Waals surface area contributed by atoms with Crippen LogP contribution in [-0.4, -0.2) is 35.3 Å². The van der Waals surface area contributed by atoms with E-state index in [9.17, 15) is 9.59 Å². The summed E-state index contributed by atoms with van der Waals surface area (Å²) < 4.78 is 1.09. The van der Waals surface area contributed by atoms with Crippen molar-refractivity contribution in [1.82, 2.24) is 15.2 Å². The number of benzene rings is 2. The van der Waals surface area contributed by atoms with E-state index < -0.39 is 0 Å². The molecule has 3 rings (SSSR count). The normalized spacial score (nSPS) is 10.6. The number of fused-ring (bicyclic) bond motifs is 1. The molecule has 3 aromatic rings. The first-order valence-electron chi connectivity index (χ1n) is 7.65. The lowest BCUT2D eigenvalue weighted by Crippen LogP contribution is -2.37. The minimum atomic E-state index is -0.329. The second-order valence-electron chi connectivity index (χ2n) is 5.52. The SMILES string of the molecule is CN(Cc1nc2ccccc2s1)C(=O)CNC(=O)c1cccc(Cl)c1. The van der Waals surface area contributed by atoms with Gasteiger partial charge in [0.1, 0.15) is 5.01 Å². The van der Waals surface area contributed by atoms with E-state index in [4.69, 9.17) is 11.6 Å². The van der Waals surface area contributed by atoms with Gasteiger partial charge in [0.2, 0.25) is 5.91 Å². The fraction of sp³-hybridized carbons (Fsp3) is 0.167. The molecule has 1 aromatic heterocycles. The van der Waals surface area contributed by atoms with E-state index >= 15 is 0 Å². The van der Waals surface area contributed by atoms with Crippen LogP contribution in [0.5, 0.6) is 0 Å². The highest BCUT2D eigenvalue weighted by Crippen LogP contribution is 2.22. The molecule has 0 saturated carbocycles. The first-order chi connectivity index (χ1) is 12.0. The second kappa shape index (κ2) is 7.63. The van der Waals surface area contributed by atoms with Crippen LogP contribution in [0, 0.1) is 0 Å². The summed E-state index contributed by atoms with van der Waals surface area (Å²) in [5.41, 5.74) is 1.35. The van der Waals surface area contributed by atoms with Gasteiger partial charge < -0.3 is 10.2 Å². The zero-order valence-electron chi connectivity index (χ0n) is 13.5. The van der Waals surface area contributed by atoms with E-state index in [0.717, 1.165) is 15.2 Å². The molecule has 0 spiro atoms. The number of likely N-dealkylation sites (N-methyl/N-ethyl adjacent to an activating group) is 1. The van der Waals surface area contributed by atoms with Crippen LogP contribution in [0.3, 0.4) is 0 Å². The number of aromatic nitrogens is 1. The van der Waals surface area contributed by atoms with Gasteiger partial charge in [0, 0.05) is 17.6 Å². The Morgan fingerprint density at radius 1 is 1.20 bits per heavy atom. The van der Waals surface area contributed by atoms with Gasteiger partial charge in [-0.05, 0) is 30.3 Å². The molecule has 5 nitrogen and oxygen atoms in total. The van der Waals surface area contributed by atoms with E-state index in [-0.39, 0.29) is 18.4 Å². The number of carbonyl (C=O) groups excluding carboxylic acids is 2. The van der Waals surface area contributed by atoms with E-state index in [2.05, 4.69) is 10.3 Å². The maximum atomic E-state index is 12.2. The quantitative estimate of drug-likeness (QED) is 0.746. The van der Waals surface area contributed by atoms with E-state index in [1.54, 1.807) is 47.5 Å². The molecule has 0 aliphatic rings. The van der Waals surface area contributed by atoms with Crippen LogP contribution in [0.25, 0.3) is 10.2 Å². The smallest absolute Gasteiger partial charge is 0.251 e. The van der Waals surface area contributed by atoms with Gasteiger partial charge >= 0.3 is 0 Å².